The summed E-state index contributed by atoms with van der Waals surface area (Å²) >= 11 is 0. The third-order valence-corrected chi connectivity index (χ3v) is 0.910. The maximum absolute atomic E-state index is 10.6. The quantitative estimate of drug-likeness (QED) is 0.114. The molecule has 0 atom stereocenters. The molecule has 0 bridgehead atoms. The van der Waals surface area contributed by atoms with Crippen LogP contribution < -0.4 is 0 Å². The van der Waals surface area contributed by atoms with E-state index in [-0.39, 0.29) is 0 Å². The Balaban J connectivity index is 4.61. The van der Waals surface area contributed by atoms with Crippen molar-refractivity contribution in [3.05, 3.63) is 11.8 Å². The Kier molecular flexibility index (Phi) is 3.46. The van der Waals surface area contributed by atoms with Crippen LogP contribution in [0.3, 0.4) is 0 Å². The zero-order valence-corrected chi connectivity index (χ0v) is 5.83. The molecule has 11 heavy (non-hydrogen) atoms. The molecule has 0 heterocycles. The lowest BCUT2D eigenvalue weighted by atomic mass is 10.2. The second-order valence-corrected chi connectivity index (χ2v) is 1.51. The van der Waals surface area contributed by atoms with E-state index in [1.807, 2.05) is 0 Å². The molecule has 0 aromatic heterocycles. The number of hydrogen-bond acceptors (Lipinski definition) is 4. The number of carbonyl (C=O) groups excluding carboxylic acids is 2. The number of terminal acetylenes is 1. The summed E-state index contributed by atoms with van der Waals surface area (Å²) < 4.78 is 4.14. The largest absolute Gasteiger partial charge is 0.515 e. The smallest absolute Gasteiger partial charge is 0.345 e. The Hall–Kier alpha value is -1.76. The van der Waals surface area contributed by atoms with Gasteiger partial charge in [-0.1, -0.05) is 0 Å². The van der Waals surface area contributed by atoms with E-state index in [1.165, 1.54) is 0 Å². The van der Waals surface area contributed by atoms with Gasteiger partial charge in [0.1, 0.15) is 5.57 Å². The predicted octanol–water partition coefficient (Wildman–Crippen LogP) is -0.196. The fourth-order valence-corrected chi connectivity index (χ4v) is 0.392. The minimum absolute atomic E-state index is 0.327. The highest BCUT2D eigenvalue weighted by Crippen LogP contribution is 1.96. The van der Waals surface area contributed by atoms with E-state index in [0.717, 1.165) is 7.11 Å². The molecule has 4 nitrogen and oxygen atoms in total. The number of aliphatic hydroxyl groups is 1. The van der Waals surface area contributed by atoms with Crippen molar-refractivity contribution in [1.82, 2.24) is 0 Å². The van der Waals surface area contributed by atoms with Gasteiger partial charge in [0.15, 0.2) is 0 Å². The average Bonchev–Trinajstić information content (AvgIpc) is 2.05. The molecule has 0 aromatic carbocycles. The van der Waals surface area contributed by atoms with Crippen molar-refractivity contribution in [2.45, 2.75) is 0 Å². The van der Waals surface area contributed by atoms with Gasteiger partial charge in [-0.2, -0.15) is 0 Å². The summed E-state index contributed by atoms with van der Waals surface area (Å²) in [5, 5.41) is 8.35. The molecule has 0 fully saturated rings. The van der Waals surface area contributed by atoms with Gasteiger partial charge in [0.25, 0.3) is 0 Å². The molecule has 0 unspecified atom stereocenters. The minimum Gasteiger partial charge on any atom is -0.515 e. The van der Waals surface area contributed by atoms with Crippen LogP contribution in [0.25, 0.3) is 0 Å². The van der Waals surface area contributed by atoms with Crippen molar-refractivity contribution in [2.75, 3.05) is 7.11 Å². The number of rotatable bonds is 2. The second kappa shape index (κ2) is 4.12. The van der Waals surface area contributed by atoms with Crippen molar-refractivity contribution in [3.8, 4) is 12.3 Å². The van der Waals surface area contributed by atoms with E-state index in [0.29, 0.717) is 6.26 Å². The van der Waals surface area contributed by atoms with Crippen LogP contribution in [0.2, 0.25) is 0 Å². The number of methoxy groups -OCH3 is 1. The third kappa shape index (κ3) is 2.14. The molecule has 1 N–H and O–H groups in total. The van der Waals surface area contributed by atoms with Gasteiger partial charge in [0.2, 0.25) is 5.78 Å². The predicted molar refractivity (Wildman–Crippen MR) is 36.6 cm³/mol. The number of hydrogen-bond donors (Lipinski definition) is 1. The Bertz CT molecular complexity index is 244. The summed E-state index contributed by atoms with van der Waals surface area (Å²) in [6.45, 7) is 0. The van der Waals surface area contributed by atoms with Crippen LogP contribution >= 0.6 is 0 Å². The van der Waals surface area contributed by atoms with Gasteiger partial charge in [-0.3, -0.25) is 4.79 Å². The number of esters is 1. The Labute approximate surface area is 63.5 Å². The van der Waals surface area contributed by atoms with E-state index in [2.05, 4.69) is 11.2 Å². The Morgan fingerprint density at radius 1 is 1.64 bits per heavy atom. The van der Waals surface area contributed by atoms with Crippen molar-refractivity contribution >= 4 is 11.8 Å². The third-order valence-electron chi connectivity index (χ3n) is 0.910. The monoisotopic (exact) mass is 154 g/mol. The highest BCUT2D eigenvalue weighted by molar-refractivity contribution is 6.23. The Morgan fingerprint density at radius 2 is 2.18 bits per heavy atom. The maximum Gasteiger partial charge on any atom is 0.345 e. The molecule has 0 saturated carbocycles. The first-order valence-electron chi connectivity index (χ1n) is 2.61. The fourth-order valence-electron chi connectivity index (χ4n) is 0.392. The number of ketones is 1. The summed E-state index contributed by atoms with van der Waals surface area (Å²) in [6, 6.07) is 0. The van der Waals surface area contributed by atoms with Crippen LogP contribution in [0, 0.1) is 12.3 Å². The van der Waals surface area contributed by atoms with Gasteiger partial charge < -0.3 is 9.84 Å². The van der Waals surface area contributed by atoms with Crippen LogP contribution in [0.1, 0.15) is 0 Å². The average molecular weight is 154 g/mol. The molecule has 0 aliphatic heterocycles. The number of carbonyl (C=O) groups is 2. The number of ether oxygens (including phenoxy) is 1. The summed E-state index contributed by atoms with van der Waals surface area (Å²) in [4.78, 5) is 21.2. The summed E-state index contributed by atoms with van der Waals surface area (Å²) in [6.07, 6.45) is 5.01. The van der Waals surface area contributed by atoms with Gasteiger partial charge >= 0.3 is 5.97 Å². The number of aliphatic hydroxyl groups excluding tert-OH is 1. The van der Waals surface area contributed by atoms with E-state index in [4.69, 9.17) is 5.11 Å². The van der Waals surface area contributed by atoms with Gasteiger partial charge in [-0.05, 0) is 5.92 Å². The second-order valence-electron chi connectivity index (χ2n) is 1.51. The van der Waals surface area contributed by atoms with E-state index in [1.54, 1.807) is 5.92 Å². The summed E-state index contributed by atoms with van der Waals surface area (Å²) in [5.74, 6) is -0.189. The lowest BCUT2D eigenvalue weighted by molar-refractivity contribution is -0.137. The van der Waals surface area contributed by atoms with Gasteiger partial charge in [-0.15, -0.1) is 6.42 Å². The van der Waals surface area contributed by atoms with Crippen LogP contribution in [0.15, 0.2) is 11.8 Å². The molecule has 0 aliphatic carbocycles. The normalized spacial score (nSPS) is 10.0. The molecule has 0 aromatic rings. The lowest BCUT2D eigenvalue weighted by Gasteiger charge is -1.96. The van der Waals surface area contributed by atoms with Crippen LogP contribution in [0.4, 0.5) is 0 Å². The fraction of sp³-hybridized carbons (Fsp3) is 0.143. The molecule has 0 spiro atoms. The first kappa shape index (κ1) is 9.24. The molecule has 0 rings (SSSR count). The van der Waals surface area contributed by atoms with E-state index < -0.39 is 17.3 Å². The molecule has 58 valence electrons. The summed E-state index contributed by atoms with van der Waals surface area (Å²) in [7, 11) is 1.08. The molecular weight excluding hydrogens is 148 g/mol. The number of Topliss-reactive ketones (excluding diaryl/α,β-unsaturated/α-hetero) is 1. The van der Waals surface area contributed by atoms with Crippen LogP contribution in [0.5, 0.6) is 0 Å². The lowest BCUT2D eigenvalue weighted by Crippen LogP contribution is -2.12. The topological polar surface area (TPSA) is 63.6 Å². The molecule has 0 saturated heterocycles. The highest BCUT2D eigenvalue weighted by Gasteiger charge is 2.16. The first-order chi connectivity index (χ1) is 5.17. The van der Waals surface area contributed by atoms with E-state index >= 15 is 0 Å². The highest BCUT2D eigenvalue weighted by atomic mass is 16.5. The first-order valence-corrected chi connectivity index (χ1v) is 2.61. The molecule has 0 aliphatic rings. The van der Waals surface area contributed by atoms with Crippen molar-refractivity contribution in [2.24, 2.45) is 0 Å². The zero-order valence-electron chi connectivity index (χ0n) is 5.83. The molecule has 4 heteroatoms. The summed E-state index contributed by atoms with van der Waals surface area (Å²) in [5.41, 5.74) is -0.546. The van der Waals surface area contributed by atoms with Crippen molar-refractivity contribution in [3.63, 3.8) is 0 Å². The molecular formula is C7H6O4. The maximum atomic E-state index is 10.6. The van der Waals surface area contributed by atoms with Crippen LogP contribution in [-0.4, -0.2) is 24.0 Å². The van der Waals surface area contributed by atoms with Gasteiger partial charge in [0, 0.05) is 0 Å². The minimum atomic E-state index is -0.949. The molecule has 0 radical (unpaired) electrons. The Morgan fingerprint density at radius 3 is 2.45 bits per heavy atom. The van der Waals surface area contributed by atoms with Crippen molar-refractivity contribution < 1.29 is 19.4 Å². The SMILES string of the molecule is C#CC(=O)C(=CO)C(=O)OC. The standard InChI is InChI=1S/C7H6O4/c1-3-6(9)5(4-8)7(10)11-2/h1,4,8H,2H3. The van der Waals surface area contributed by atoms with Gasteiger partial charge in [-0.25, -0.2) is 4.79 Å². The van der Waals surface area contributed by atoms with E-state index in [9.17, 15) is 9.59 Å². The zero-order chi connectivity index (χ0) is 8.85. The van der Waals surface area contributed by atoms with Crippen LogP contribution in [-0.2, 0) is 14.3 Å². The van der Waals surface area contributed by atoms with Gasteiger partial charge in [0.05, 0.1) is 13.4 Å². The van der Waals surface area contributed by atoms with Crippen molar-refractivity contribution in [1.29, 1.82) is 0 Å². The molecule has 0 amide bonds.